The highest BCUT2D eigenvalue weighted by atomic mass is 16.5. The Morgan fingerprint density at radius 3 is 2.71 bits per heavy atom. The van der Waals surface area contributed by atoms with E-state index in [0.29, 0.717) is 13.0 Å². The minimum absolute atomic E-state index is 0.000414. The van der Waals surface area contributed by atoms with Crippen LogP contribution < -0.4 is 0 Å². The summed E-state index contributed by atoms with van der Waals surface area (Å²) in [5.74, 6) is -0.386. The molecule has 0 fully saturated rings. The molecule has 0 aromatic heterocycles. The zero-order chi connectivity index (χ0) is 10.2. The summed E-state index contributed by atoms with van der Waals surface area (Å²) in [6.45, 7) is 0.391. The van der Waals surface area contributed by atoms with Crippen LogP contribution in [-0.4, -0.2) is 18.4 Å². The number of hydrogen-bond donors (Lipinski definition) is 0. The predicted octanol–water partition coefficient (Wildman–Crippen LogP) is 2.01. The Kier molecular flexibility index (Phi) is 4.97. The summed E-state index contributed by atoms with van der Waals surface area (Å²) in [5.41, 5.74) is 0. The third-order valence-corrected chi connectivity index (χ3v) is 2.13. The highest BCUT2D eigenvalue weighted by Gasteiger charge is 2.10. The van der Waals surface area contributed by atoms with E-state index in [2.05, 4.69) is 6.08 Å². The summed E-state index contributed by atoms with van der Waals surface area (Å²) < 4.78 is 4.87. The lowest BCUT2D eigenvalue weighted by atomic mass is 10.1. The number of Topliss-reactive ketones (excluding diaryl/α,β-unsaturated/α-hetero) is 1. The van der Waals surface area contributed by atoms with Gasteiger partial charge in [-0.05, 0) is 25.7 Å². The summed E-state index contributed by atoms with van der Waals surface area (Å²) >= 11 is 0. The third-order valence-electron chi connectivity index (χ3n) is 2.13. The molecule has 0 aromatic rings. The second-order valence-corrected chi connectivity index (χ2v) is 3.44. The van der Waals surface area contributed by atoms with E-state index in [4.69, 9.17) is 4.74 Å². The van der Waals surface area contributed by atoms with E-state index < -0.39 is 0 Å². The van der Waals surface area contributed by atoms with Gasteiger partial charge in [-0.2, -0.15) is 0 Å². The summed E-state index contributed by atoms with van der Waals surface area (Å²) in [6, 6.07) is 0. The zero-order valence-electron chi connectivity index (χ0n) is 8.33. The maximum atomic E-state index is 11.2. The van der Waals surface area contributed by atoms with Crippen molar-refractivity contribution in [1.82, 2.24) is 0 Å². The highest BCUT2D eigenvalue weighted by molar-refractivity contribution is 5.95. The molecule has 0 saturated carbocycles. The van der Waals surface area contributed by atoms with Gasteiger partial charge < -0.3 is 4.74 Å². The zero-order valence-corrected chi connectivity index (χ0v) is 8.33. The van der Waals surface area contributed by atoms with Crippen LogP contribution in [0.5, 0.6) is 0 Å². The van der Waals surface area contributed by atoms with Gasteiger partial charge in [-0.1, -0.05) is 12.2 Å². The first kappa shape index (κ1) is 11.0. The van der Waals surface area contributed by atoms with Gasteiger partial charge in [0.1, 0.15) is 12.2 Å². The fourth-order valence-electron chi connectivity index (χ4n) is 1.36. The van der Waals surface area contributed by atoms with Crippen molar-refractivity contribution >= 4 is 11.8 Å². The van der Waals surface area contributed by atoms with E-state index in [9.17, 15) is 9.59 Å². The van der Waals surface area contributed by atoms with Gasteiger partial charge in [0.05, 0.1) is 6.61 Å². The summed E-state index contributed by atoms with van der Waals surface area (Å²) in [7, 11) is 0. The van der Waals surface area contributed by atoms with Crippen molar-refractivity contribution < 1.29 is 14.3 Å². The minimum atomic E-state index is -0.385. The number of rotatable bonds is 0. The van der Waals surface area contributed by atoms with Crippen molar-refractivity contribution in [2.75, 3.05) is 6.61 Å². The molecule has 1 heterocycles. The van der Waals surface area contributed by atoms with E-state index in [1.54, 1.807) is 0 Å². The Hall–Kier alpha value is -1.12. The van der Waals surface area contributed by atoms with Crippen LogP contribution in [0.4, 0.5) is 0 Å². The summed E-state index contributed by atoms with van der Waals surface area (Å²) in [5, 5.41) is 0. The number of ketones is 1. The van der Waals surface area contributed by atoms with E-state index in [0.717, 1.165) is 25.7 Å². The van der Waals surface area contributed by atoms with E-state index in [-0.39, 0.29) is 18.2 Å². The van der Waals surface area contributed by atoms with Crippen LogP contribution in [0, 0.1) is 0 Å². The van der Waals surface area contributed by atoms with Gasteiger partial charge in [0.15, 0.2) is 0 Å². The normalized spacial score (nSPS) is 23.1. The van der Waals surface area contributed by atoms with Gasteiger partial charge in [-0.15, -0.1) is 0 Å². The molecule has 1 aliphatic rings. The second-order valence-electron chi connectivity index (χ2n) is 3.44. The Morgan fingerprint density at radius 2 is 1.86 bits per heavy atom. The highest BCUT2D eigenvalue weighted by Crippen LogP contribution is 2.05. The van der Waals surface area contributed by atoms with Crippen molar-refractivity contribution in [3.8, 4) is 0 Å². The second kappa shape index (κ2) is 6.35. The van der Waals surface area contributed by atoms with Gasteiger partial charge in [-0.25, -0.2) is 0 Å². The molecule has 0 bridgehead atoms. The molecule has 0 spiro atoms. The van der Waals surface area contributed by atoms with Gasteiger partial charge >= 0.3 is 5.97 Å². The monoisotopic (exact) mass is 196 g/mol. The fourth-order valence-corrected chi connectivity index (χ4v) is 1.36. The van der Waals surface area contributed by atoms with E-state index in [1.165, 1.54) is 0 Å². The Morgan fingerprint density at radius 1 is 1.07 bits per heavy atom. The fraction of sp³-hybridized carbons (Fsp3) is 0.636. The number of hydrogen-bond acceptors (Lipinski definition) is 3. The molecule has 1 rings (SSSR count). The van der Waals surface area contributed by atoms with Crippen molar-refractivity contribution in [2.45, 2.75) is 38.5 Å². The average molecular weight is 196 g/mol. The summed E-state index contributed by atoms with van der Waals surface area (Å²) in [4.78, 5) is 22.2. The molecule has 1 aliphatic heterocycles. The lowest BCUT2D eigenvalue weighted by molar-refractivity contribution is -0.145. The number of allylic oxidation sites excluding steroid dienone is 1. The number of ether oxygens (including phenoxy) is 1. The van der Waals surface area contributed by atoms with Crippen molar-refractivity contribution in [1.29, 1.82) is 0 Å². The van der Waals surface area contributed by atoms with Crippen LogP contribution in [-0.2, 0) is 14.3 Å². The Balaban J connectivity index is 2.39. The topological polar surface area (TPSA) is 43.4 Å². The average Bonchev–Trinajstić information content (AvgIpc) is 2.13. The smallest absolute Gasteiger partial charge is 0.313 e. The first-order valence-corrected chi connectivity index (χ1v) is 5.11. The van der Waals surface area contributed by atoms with Crippen LogP contribution in [0.2, 0.25) is 0 Å². The molecule has 0 unspecified atom stereocenters. The maximum absolute atomic E-state index is 11.2. The molecule has 78 valence electrons. The first-order chi connectivity index (χ1) is 6.79. The molecule has 3 heteroatoms. The maximum Gasteiger partial charge on any atom is 0.313 e. The number of carbonyl (C=O) groups is 2. The third kappa shape index (κ3) is 4.80. The van der Waals surface area contributed by atoms with Crippen LogP contribution in [0.15, 0.2) is 12.2 Å². The molecule has 3 nitrogen and oxygen atoms in total. The summed E-state index contributed by atoms with van der Waals surface area (Å²) in [6.07, 6.45) is 8.22. The number of cyclic esters (lactones) is 1. The molecule has 14 heavy (non-hydrogen) atoms. The Bertz CT molecular complexity index is 231. The molecular weight excluding hydrogens is 180 g/mol. The van der Waals surface area contributed by atoms with Crippen molar-refractivity contribution in [3.63, 3.8) is 0 Å². The molecule has 0 N–H and O–H groups in total. The first-order valence-electron chi connectivity index (χ1n) is 5.11. The standard InChI is InChI=1S/C11H16O3/c12-10-7-5-3-1-2-4-6-8-14-11(13)9-10/h2,4H,1,3,5-9H2/b4-2+. The number of esters is 1. The van der Waals surface area contributed by atoms with E-state index >= 15 is 0 Å². The SMILES string of the molecule is O=C1CCCC/C=C/CCOC(=O)C1. The molecular formula is C11H16O3. The largest absolute Gasteiger partial charge is 0.465 e. The van der Waals surface area contributed by atoms with Crippen molar-refractivity contribution in [2.24, 2.45) is 0 Å². The van der Waals surface area contributed by atoms with Crippen LogP contribution in [0.25, 0.3) is 0 Å². The van der Waals surface area contributed by atoms with Crippen molar-refractivity contribution in [3.05, 3.63) is 12.2 Å². The molecule has 0 atom stereocenters. The van der Waals surface area contributed by atoms with Crippen LogP contribution in [0.1, 0.15) is 38.5 Å². The van der Waals surface area contributed by atoms with E-state index in [1.807, 2.05) is 6.08 Å². The van der Waals surface area contributed by atoms with Gasteiger partial charge in [-0.3, -0.25) is 9.59 Å². The molecule has 0 aromatic carbocycles. The van der Waals surface area contributed by atoms with Gasteiger partial charge in [0.2, 0.25) is 0 Å². The molecule has 0 amide bonds. The van der Waals surface area contributed by atoms with Crippen LogP contribution >= 0.6 is 0 Å². The number of carbonyl (C=O) groups excluding carboxylic acids is 2. The van der Waals surface area contributed by atoms with Gasteiger partial charge in [0.25, 0.3) is 0 Å². The molecule has 0 radical (unpaired) electrons. The minimum Gasteiger partial charge on any atom is -0.465 e. The lowest BCUT2D eigenvalue weighted by Gasteiger charge is -2.04. The predicted molar refractivity (Wildman–Crippen MR) is 52.8 cm³/mol. The Labute approximate surface area is 84.1 Å². The quantitative estimate of drug-likeness (QED) is 0.338. The van der Waals surface area contributed by atoms with Gasteiger partial charge in [0, 0.05) is 6.42 Å². The van der Waals surface area contributed by atoms with Crippen LogP contribution in [0.3, 0.4) is 0 Å². The lowest BCUT2D eigenvalue weighted by Crippen LogP contribution is -2.12. The molecule has 0 saturated heterocycles. The molecule has 0 aliphatic carbocycles.